The van der Waals surface area contributed by atoms with Crippen molar-refractivity contribution >= 4 is 22.3 Å². The van der Waals surface area contributed by atoms with Crippen LogP contribution in [0.15, 0.2) is 41.2 Å². The highest BCUT2D eigenvalue weighted by molar-refractivity contribution is 5.84. The molecule has 2 heterocycles. The Bertz CT molecular complexity index is 972. The molecule has 0 bridgehead atoms. The Morgan fingerprint density at radius 2 is 1.61 bits per heavy atom. The smallest absolute Gasteiger partial charge is 0.190 e. The van der Waals surface area contributed by atoms with E-state index in [1.807, 2.05) is 25.1 Å². The molecule has 23 heavy (non-hydrogen) atoms. The highest BCUT2D eigenvalue weighted by Gasteiger charge is 2.11. The van der Waals surface area contributed by atoms with E-state index in [1.54, 1.807) is 6.07 Å². The molecule has 3 aromatic rings. The van der Waals surface area contributed by atoms with Crippen molar-refractivity contribution in [3.63, 3.8) is 0 Å². The van der Waals surface area contributed by atoms with Gasteiger partial charge in [0.15, 0.2) is 5.43 Å². The number of rotatable bonds is 1. The molecule has 4 rings (SSSR count). The van der Waals surface area contributed by atoms with E-state index in [0.29, 0.717) is 0 Å². The summed E-state index contributed by atoms with van der Waals surface area (Å²) >= 11 is 0. The second-order valence-electron chi connectivity index (χ2n) is 6.14. The van der Waals surface area contributed by atoms with Crippen molar-refractivity contribution in [3.8, 4) is 11.3 Å². The van der Waals surface area contributed by atoms with Crippen LogP contribution in [-0.4, -0.2) is 18.1 Å². The molecule has 0 atom stereocenters. The predicted octanol–water partition coefficient (Wildman–Crippen LogP) is 3.65. The van der Waals surface area contributed by atoms with E-state index in [-0.39, 0.29) is 5.43 Å². The number of fused-ring (bicyclic) bond motifs is 2. The maximum Gasteiger partial charge on any atom is 0.190 e. The summed E-state index contributed by atoms with van der Waals surface area (Å²) < 4.78 is 0. The molecule has 2 aromatic carbocycles. The SMILES string of the molecule is Cc1cc2[nH]c(-c3ccc4c(c3)NCCN4)cc(=O)c2cc1C. The third-order valence-corrected chi connectivity index (χ3v) is 4.53. The highest BCUT2D eigenvalue weighted by atomic mass is 16.1. The van der Waals surface area contributed by atoms with E-state index in [2.05, 4.69) is 34.7 Å². The topological polar surface area (TPSA) is 56.9 Å². The van der Waals surface area contributed by atoms with E-state index >= 15 is 0 Å². The van der Waals surface area contributed by atoms with Crippen molar-refractivity contribution in [2.24, 2.45) is 0 Å². The van der Waals surface area contributed by atoms with Crippen molar-refractivity contribution in [3.05, 3.63) is 57.7 Å². The summed E-state index contributed by atoms with van der Waals surface area (Å²) in [5.41, 5.74) is 7.31. The van der Waals surface area contributed by atoms with Crippen molar-refractivity contribution in [2.75, 3.05) is 23.7 Å². The first-order valence-electron chi connectivity index (χ1n) is 7.88. The fourth-order valence-electron chi connectivity index (χ4n) is 3.08. The number of aromatic amines is 1. The lowest BCUT2D eigenvalue weighted by molar-refractivity contribution is 1.05. The first-order chi connectivity index (χ1) is 11.1. The van der Waals surface area contributed by atoms with Gasteiger partial charge in [0.25, 0.3) is 0 Å². The molecule has 0 amide bonds. The molecule has 0 saturated heterocycles. The van der Waals surface area contributed by atoms with Gasteiger partial charge in [0.2, 0.25) is 0 Å². The summed E-state index contributed by atoms with van der Waals surface area (Å²) in [6.45, 7) is 5.93. The van der Waals surface area contributed by atoms with Crippen molar-refractivity contribution in [1.82, 2.24) is 4.98 Å². The van der Waals surface area contributed by atoms with Crippen LogP contribution in [0, 0.1) is 13.8 Å². The lowest BCUT2D eigenvalue weighted by Gasteiger charge is -2.20. The molecule has 0 aliphatic carbocycles. The number of H-pyrrole nitrogens is 1. The van der Waals surface area contributed by atoms with Crippen LogP contribution in [0.2, 0.25) is 0 Å². The van der Waals surface area contributed by atoms with Gasteiger partial charge in [-0.3, -0.25) is 4.79 Å². The second-order valence-corrected chi connectivity index (χ2v) is 6.14. The molecule has 0 unspecified atom stereocenters. The summed E-state index contributed by atoms with van der Waals surface area (Å²) in [4.78, 5) is 15.9. The van der Waals surface area contributed by atoms with Crippen LogP contribution in [0.5, 0.6) is 0 Å². The van der Waals surface area contributed by atoms with Crippen LogP contribution < -0.4 is 16.1 Å². The van der Waals surface area contributed by atoms with Gasteiger partial charge in [-0.25, -0.2) is 0 Å². The van der Waals surface area contributed by atoms with Crippen LogP contribution >= 0.6 is 0 Å². The zero-order valence-corrected chi connectivity index (χ0v) is 13.3. The van der Waals surface area contributed by atoms with Gasteiger partial charge in [-0.2, -0.15) is 0 Å². The summed E-state index contributed by atoms with van der Waals surface area (Å²) in [6, 6.07) is 11.9. The number of hydrogen-bond acceptors (Lipinski definition) is 3. The number of nitrogens with one attached hydrogen (secondary N) is 3. The van der Waals surface area contributed by atoms with E-state index in [0.717, 1.165) is 52.2 Å². The highest BCUT2D eigenvalue weighted by Crippen LogP contribution is 2.30. The lowest BCUT2D eigenvalue weighted by Crippen LogP contribution is -2.20. The molecule has 4 heteroatoms. The minimum atomic E-state index is 0.0562. The molecule has 0 radical (unpaired) electrons. The summed E-state index contributed by atoms with van der Waals surface area (Å²) in [5, 5.41) is 7.49. The third-order valence-electron chi connectivity index (χ3n) is 4.53. The maximum absolute atomic E-state index is 12.5. The molecule has 1 aliphatic rings. The van der Waals surface area contributed by atoms with Gasteiger partial charge in [0, 0.05) is 41.3 Å². The summed E-state index contributed by atoms with van der Waals surface area (Å²) in [5.74, 6) is 0. The second kappa shape index (κ2) is 5.16. The van der Waals surface area contributed by atoms with Gasteiger partial charge in [-0.05, 0) is 49.2 Å². The van der Waals surface area contributed by atoms with Gasteiger partial charge in [0.05, 0.1) is 11.4 Å². The van der Waals surface area contributed by atoms with Crippen molar-refractivity contribution in [1.29, 1.82) is 0 Å². The molecular weight excluding hydrogens is 286 g/mol. The Morgan fingerprint density at radius 1 is 0.870 bits per heavy atom. The molecule has 116 valence electrons. The average molecular weight is 305 g/mol. The number of anilines is 2. The largest absolute Gasteiger partial charge is 0.382 e. The van der Waals surface area contributed by atoms with E-state index in [4.69, 9.17) is 0 Å². The van der Waals surface area contributed by atoms with Gasteiger partial charge >= 0.3 is 0 Å². The van der Waals surface area contributed by atoms with Gasteiger partial charge in [0.1, 0.15) is 0 Å². The molecular formula is C19H19N3O. The molecule has 1 aromatic heterocycles. The molecule has 3 N–H and O–H groups in total. The van der Waals surface area contributed by atoms with Crippen LogP contribution in [0.3, 0.4) is 0 Å². The summed E-state index contributed by atoms with van der Waals surface area (Å²) in [6.07, 6.45) is 0. The number of pyridine rings is 1. The molecule has 0 fully saturated rings. The van der Waals surface area contributed by atoms with E-state index < -0.39 is 0 Å². The minimum Gasteiger partial charge on any atom is -0.382 e. The molecule has 0 spiro atoms. The molecule has 1 aliphatic heterocycles. The van der Waals surface area contributed by atoms with Gasteiger partial charge in [-0.1, -0.05) is 6.07 Å². The standard InChI is InChI=1S/C19H19N3O/c1-11-7-14-17(8-12(11)2)22-16(10-19(14)23)13-3-4-15-18(9-13)21-6-5-20-15/h3-4,7-10,20-21H,5-6H2,1-2H3,(H,22,23). The maximum atomic E-state index is 12.5. The van der Waals surface area contributed by atoms with E-state index in [1.165, 1.54) is 5.56 Å². The molecule has 0 saturated carbocycles. The lowest BCUT2D eigenvalue weighted by atomic mass is 10.0. The fraction of sp³-hybridized carbons (Fsp3) is 0.211. The van der Waals surface area contributed by atoms with Gasteiger partial charge in [-0.15, -0.1) is 0 Å². The first kappa shape index (κ1) is 13.9. The Balaban J connectivity index is 1.89. The van der Waals surface area contributed by atoms with Gasteiger partial charge < -0.3 is 15.6 Å². The fourth-order valence-corrected chi connectivity index (χ4v) is 3.08. The first-order valence-corrected chi connectivity index (χ1v) is 7.88. The third kappa shape index (κ3) is 2.36. The number of aryl methyl sites for hydroxylation is 2. The zero-order valence-electron chi connectivity index (χ0n) is 13.3. The Hall–Kier alpha value is -2.75. The van der Waals surface area contributed by atoms with Crippen LogP contribution in [0.4, 0.5) is 11.4 Å². The monoisotopic (exact) mass is 305 g/mol. The minimum absolute atomic E-state index is 0.0562. The normalized spacial score (nSPS) is 13.3. The average Bonchev–Trinajstić information content (AvgIpc) is 2.56. The zero-order chi connectivity index (χ0) is 16.0. The number of benzene rings is 2. The van der Waals surface area contributed by atoms with Crippen LogP contribution in [0.25, 0.3) is 22.2 Å². The Kier molecular flexibility index (Phi) is 3.11. The Morgan fingerprint density at radius 3 is 2.43 bits per heavy atom. The number of hydrogen-bond donors (Lipinski definition) is 3. The van der Waals surface area contributed by atoms with Crippen molar-refractivity contribution in [2.45, 2.75) is 13.8 Å². The van der Waals surface area contributed by atoms with Crippen LogP contribution in [-0.2, 0) is 0 Å². The molecule has 4 nitrogen and oxygen atoms in total. The predicted molar refractivity (Wildman–Crippen MR) is 96.5 cm³/mol. The van der Waals surface area contributed by atoms with Crippen LogP contribution in [0.1, 0.15) is 11.1 Å². The van der Waals surface area contributed by atoms with Crippen molar-refractivity contribution < 1.29 is 0 Å². The van der Waals surface area contributed by atoms with E-state index in [9.17, 15) is 4.79 Å². The summed E-state index contributed by atoms with van der Waals surface area (Å²) in [7, 11) is 0. The quantitative estimate of drug-likeness (QED) is 0.643. The number of aromatic nitrogens is 1. The Labute approximate surface area is 134 Å².